The van der Waals surface area contributed by atoms with Crippen LogP contribution in [-0.4, -0.2) is 49.1 Å². The molecule has 2 amide bonds. The summed E-state index contributed by atoms with van der Waals surface area (Å²) in [7, 11) is 1.69. The molecule has 4 nitrogen and oxygen atoms in total. The smallest absolute Gasteiger partial charge is 0.319 e. The first-order valence-electron chi connectivity index (χ1n) is 7.10. The van der Waals surface area contributed by atoms with Crippen molar-refractivity contribution in [1.29, 1.82) is 0 Å². The average Bonchev–Trinajstić information content (AvgIpc) is 2.54. The van der Waals surface area contributed by atoms with Gasteiger partial charge in [0.25, 0.3) is 0 Å². The molecular formula is C14H16ClF4N3O. The molecule has 0 aliphatic carbocycles. The molecule has 0 spiro atoms. The Labute approximate surface area is 136 Å². The van der Waals surface area contributed by atoms with Crippen molar-refractivity contribution in [3.63, 3.8) is 0 Å². The number of rotatable bonds is 5. The molecule has 0 radical (unpaired) electrons. The molecule has 23 heavy (non-hydrogen) atoms. The molecule has 1 aromatic rings. The molecule has 9 heteroatoms. The molecule has 0 atom stereocenters. The number of nitrogens with zero attached hydrogens (tertiary/aromatic N) is 2. The van der Waals surface area contributed by atoms with Gasteiger partial charge in [0, 0.05) is 33.2 Å². The van der Waals surface area contributed by atoms with Crippen LogP contribution >= 0.6 is 11.6 Å². The van der Waals surface area contributed by atoms with Crippen LogP contribution in [-0.2, 0) is 0 Å². The van der Waals surface area contributed by atoms with E-state index in [1.807, 2.05) is 0 Å². The van der Waals surface area contributed by atoms with E-state index in [1.54, 1.807) is 16.8 Å². The van der Waals surface area contributed by atoms with Gasteiger partial charge in [0.05, 0.1) is 0 Å². The minimum Gasteiger partial charge on any atom is -0.380 e. The minimum absolute atomic E-state index is 0.0435. The maximum Gasteiger partial charge on any atom is 0.319 e. The third-order valence-electron chi connectivity index (χ3n) is 3.64. The van der Waals surface area contributed by atoms with Crippen LogP contribution in [0.2, 0.25) is 5.02 Å². The summed E-state index contributed by atoms with van der Waals surface area (Å²) in [5.41, 5.74) is -0.897. The molecule has 1 heterocycles. The Bertz CT molecular complexity index is 585. The quantitative estimate of drug-likeness (QED) is 0.381. The molecule has 1 fully saturated rings. The fourth-order valence-electron chi connectivity index (χ4n) is 2.38. The van der Waals surface area contributed by atoms with Gasteiger partial charge in [-0.1, -0.05) is 11.6 Å². The first-order valence-corrected chi connectivity index (χ1v) is 7.47. The molecule has 1 aliphatic rings. The standard InChI is InChI=1S/C14H16ClF4N3O/c1-21-5-3-7-22(14(21)23)6-2-4-20-13-11(18)9(16)8(15)10(17)12(13)19/h20H,2-7H2,1H3. The third-order valence-corrected chi connectivity index (χ3v) is 3.97. The maximum absolute atomic E-state index is 13.6. The summed E-state index contributed by atoms with van der Waals surface area (Å²) in [6.45, 7) is 1.71. The van der Waals surface area contributed by atoms with Crippen LogP contribution < -0.4 is 5.32 Å². The van der Waals surface area contributed by atoms with Crippen molar-refractivity contribution in [2.75, 3.05) is 38.5 Å². The number of benzene rings is 1. The SMILES string of the molecule is CN1CCCN(CCCNc2c(F)c(F)c(Cl)c(F)c2F)C1=O. The van der Waals surface area contributed by atoms with Gasteiger partial charge in [-0.05, 0) is 12.8 Å². The van der Waals surface area contributed by atoms with Gasteiger partial charge in [-0.2, -0.15) is 0 Å². The highest BCUT2D eigenvalue weighted by molar-refractivity contribution is 6.31. The van der Waals surface area contributed by atoms with Crippen LogP contribution in [0.3, 0.4) is 0 Å². The van der Waals surface area contributed by atoms with E-state index in [9.17, 15) is 22.4 Å². The Morgan fingerprint density at radius 3 is 2.30 bits per heavy atom. The van der Waals surface area contributed by atoms with Crippen molar-refractivity contribution >= 4 is 23.3 Å². The largest absolute Gasteiger partial charge is 0.380 e. The zero-order valence-corrected chi connectivity index (χ0v) is 13.2. The molecule has 1 saturated heterocycles. The number of carbonyl (C=O) groups excluding carboxylic acids is 1. The van der Waals surface area contributed by atoms with Gasteiger partial charge in [-0.15, -0.1) is 0 Å². The number of hydrogen-bond donors (Lipinski definition) is 1. The zero-order chi connectivity index (χ0) is 17.1. The van der Waals surface area contributed by atoms with Gasteiger partial charge in [-0.3, -0.25) is 0 Å². The van der Waals surface area contributed by atoms with Crippen LogP contribution in [0, 0.1) is 23.3 Å². The molecule has 1 N–H and O–H groups in total. The Kier molecular flexibility index (Phi) is 5.56. The monoisotopic (exact) mass is 353 g/mol. The van der Waals surface area contributed by atoms with E-state index < -0.39 is 34.0 Å². The second-order valence-electron chi connectivity index (χ2n) is 5.27. The number of urea groups is 1. The predicted octanol–water partition coefficient (Wildman–Crippen LogP) is 3.46. The van der Waals surface area contributed by atoms with Crippen molar-refractivity contribution in [3.8, 4) is 0 Å². The summed E-state index contributed by atoms with van der Waals surface area (Å²) < 4.78 is 53.8. The Morgan fingerprint density at radius 2 is 1.70 bits per heavy atom. The van der Waals surface area contributed by atoms with Gasteiger partial charge in [0.1, 0.15) is 10.7 Å². The first kappa shape index (κ1) is 17.7. The van der Waals surface area contributed by atoms with E-state index in [1.165, 1.54) is 0 Å². The zero-order valence-electron chi connectivity index (χ0n) is 12.4. The fourth-order valence-corrected chi connectivity index (χ4v) is 2.55. The van der Waals surface area contributed by atoms with Gasteiger partial charge < -0.3 is 15.1 Å². The minimum atomic E-state index is -1.64. The summed E-state index contributed by atoms with van der Waals surface area (Å²) >= 11 is 5.15. The number of carbonyl (C=O) groups is 1. The highest BCUT2D eigenvalue weighted by Gasteiger charge is 2.25. The van der Waals surface area contributed by atoms with Gasteiger partial charge in [0.2, 0.25) is 0 Å². The molecule has 0 unspecified atom stereocenters. The molecule has 2 rings (SSSR count). The normalized spacial score (nSPS) is 15.3. The molecule has 0 saturated carbocycles. The molecule has 1 aliphatic heterocycles. The van der Waals surface area contributed by atoms with Crippen molar-refractivity contribution in [1.82, 2.24) is 9.80 Å². The number of amides is 2. The van der Waals surface area contributed by atoms with E-state index in [4.69, 9.17) is 11.6 Å². The van der Waals surface area contributed by atoms with E-state index in [0.29, 0.717) is 26.1 Å². The number of nitrogens with one attached hydrogen (secondary N) is 1. The fraction of sp³-hybridized carbons (Fsp3) is 0.500. The van der Waals surface area contributed by atoms with Crippen LogP contribution in [0.5, 0.6) is 0 Å². The van der Waals surface area contributed by atoms with Crippen LogP contribution in [0.15, 0.2) is 0 Å². The Morgan fingerprint density at radius 1 is 1.09 bits per heavy atom. The average molecular weight is 354 g/mol. The van der Waals surface area contributed by atoms with Gasteiger partial charge in [0.15, 0.2) is 23.3 Å². The second-order valence-corrected chi connectivity index (χ2v) is 5.65. The van der Waals surface area contributed by atoms with Crippen molar-refractivity contribution in [2.24, 2.45) is 0 Å². The van der Waals surface area contributed by atoms with E-state index in [-0.39, 0.29) is 12.6 Å². The Balaban J connectivity index is 1.93. The van der Waals surface area contributed by atoms with Crippen LogP contribution in [0.1, 0.15) is 12.8 Å². The van der Waals surface area contributed by atoms with Crippen molar-refractivity contribution < 1.29 is 22.4 Å². The van der Waals surface area contributed by atoms with E-state index in [0.717, 1.165) is 6.42 Å². The summed E-state index contributed by atoms with van der Waals surface area (Å²) in [4.78, 5) is 15.0. The van der Waals surface area contributed by atoms with Gasteiger partial charge >= 0.3 is 6.03 Å². The molecular weight excluding hydrogens is 338 g/mol. The summed E-state index contributed by atoms with van der Waals surface area (Å²) in [5.74, 6) is -6.41. The van der Waals surface area contributed by atoms with Crippen LogP contribution in [0.25, 0.3) is 0 Å². The summed E-state index contributed by atoms with van der Waals surface area (Å²) in [6, 6.07) is -0.114. The van der Waals surface area contributed by atoms with E-state index >= 15 is 0 Å². The van der Waals surface area contributed by atoms with Crippen molar-refractivity contribution in [3.05, 3.63) is 28.3 Å². The topological polar surface area (TPSA) is 35.6 Å². The first-order chi connectivity index (χ1) is 10.8. The van der Waals surface area contributed by atoms with Crippen LogP contribution in [0.4, 0.5) is 28.0 Å². The highest BCUT2D eigenvalue weighted by Crippen LogP contribution is 2.30. The number of hydrogen-bond acceptors (Lipinski definition) is 2. The second kappa shape index (κ2) is 7.25. The number of anilines is 1. The van der Waals surface area contributed by atoms with Crippen molar-refractivity contribution in [2.45, 2.75) is 12.8 Å². The lowest BCUT2D eigenvalue weighted by molar-refractivity contribution is 0.141. The lowest BCUT2D eigenvalue weighted by Gasteiger charge is -2.33. The maximum atomic E-state index is 13.6. The molecule has 1 aromatic carbocycles. The number of halogens is 5. The Hall–Kier alpha value is -1.70. The van der Waals surface area contributed by atoms with E-state index in [2.05, 4.69) is 5.32 Å². The predicted molar refractivity (Wildman–Crippen MR) is 78.6 cm³/mol. The highest BCUT2D eigenvalue weighted by atomic mass is 35.5. The summed E-state index contributed by atoms with van der Waals surface area (Å²) in [5, 5.41) is 1.10. The molecule has 0 aromatic heterocycles. The summed E-state index contributed by atoms with van der Waals surface area (Å²) in [6.07, 6.45) is 1.21. The molecule has 0 bridgehead atoms. The molecule has 128 valence electrons. The lowest BCUT2D eigenvalue weighted by atomic mass is 10.2. The third kappa shape index (κ3) is 3.63. The lowest BCUT2D eigenvalue weighted by Crippen LogP contribution is -2.47. The van der Waals surface area contributed by atoms with Gasteiger partial charge in [-0.25, -0.2) is 22.4 Å².